The summed E-state index contributed by atoms with van der Waals surface area (Å²) in [5.41, 5.74) is 6.93. The third-order valence-corrected chi connectivity index (χ3v) is 3.83. The van der Waals surface area contributed by atoms with Gasteiger partial charge in [-0.05, 0) is 37.6 Å². The lowest BCUT2D eigenvalue weighted by Gasteiger charge is -2.07. The van der Waals surface area contributed by atoms with Crippen molar-refractivity contribution in [2.45, 2.75) is 13.8 Å². The van der Waals surface area contributed by atoms with Gasteiger partial charge in [0.25, 0.3) is 5.91 Å². The Hall–Kier alpha value is -1.88. The molecular weight excluding hydrogens is 251 g/mol. The van der Waals surface area contributed by atoms with Crippen molar-refractivity contribution in [2.75, 3.05) is 11.1 Å². The van der Waals surface area contributed by atoms with Gasteiger partial charge in [-0.25, -0.2) is 4.39 Å². The Balaban J connectivity index is 2.27. The van der Waals surface area contributed by atoms with E-state index in [2.05, 4.69) is 5.32 Å². The largest absolute Gasteiger partial charge is 0.397 e. The van der Waals surface area contributed by atoms with Crippen molar-refractivity contribution in [1.29, 1.82) is 0 Å². The number of para-hydroxylation sites is 1. The van der Waals surface area contributed by atoms with E-state index >= 15 is 0 Å². The molecule has 0 aliphatic carbocycles. The molecule has 3 nitrogen and oxygen atoms in total. The van der Waals surface area contributed by atoms with Crippen molar-refractivity contribution in [3.05, 3.63) is 45.4 Å². The third kappa shape index (κ3) is 2.36. The van der Waals surface area contributed by atoms with Gasteiger partial charge in [0.2, 0.25) is 0 Å². The predicted molar refractivity (Wildman–Crippen MR) is 72.6 cm³/mol. The van der Waals surface area contributed by atoms with E-state index in [4.69, 9.17) is 5.73 Å². The lowest BCUT2D eigenvalue weighted by molar-refractivity contribution is 0.103. The number of nitrogens with one attached hydrogen (secondary N) is 1. The highest BCUT2D eigenvalue weighted by atomic mass is 32.1. The Kier molecular flexibility index (Phi) is 3.34. The van der Waals surface area contributed by atoms with E-state index in [1.807, 2.05) is 13.8 Å². The number of amides is 1. The number of nitrogens with two attached hydrogens (primary N) is 1. The van der Waals surface area contributed by atoms with Crippen LogP contribution in [0.3, 0.4) is 0 Å². The number of carbonyl (C=O) groups excluding carboxylic acids is 1. The van der Waals surface area contributed by atoms with E-state index in [1.54, 1.807) is 12.1 Å². The monoisotopic (exact) mass is 264 g/mol. The molecule has 2 aromatic rings. The fourth-order valence-corrected chi connectivity index (χ4v) is 2.46. The van der Waals surface area contributed by atoms with Gasteiger partial charge >= 0.3 is 0 Å². The highest BCUT2D eigenvalue weighted by molar-refractivity contribution is 7.14. The molecule has 0 aliphatic rings. The number of thiophene rings is 1. The van der Waals surface area contributed by atoms with Crippen LogP contribution in [0.2, 0.25) is 0 Å². The van der Waals surface area contributed by atoms with Gasteiger partial charge in [0.05, 0.1) is 10.6 Å². The van der Waals surface area contributed by atoms with Crippen LogP contribution >= 0.6 is 11.3 Å². The first-order valence-corrected chi connectivity index (χ1v) is 6.23. The first kappa shape index (κ1) is 12.6. The second kappa shape index (κ2) is 4.78. The minimum Gasteiger partial charge on any atom is -0.397 e. The summed E-state index contributed by atoms with van der Waals surface area (Å²) in [5, 5.41) is 2.51. The maximum atomic E-state index is 13.5. The smallest absolute Gasteiger partial charge is 0.265 e. The molecular formula is C13H13FN2OS. The van der Waals surface area contributed by atoms with Gasteiger partial charge < -0.3 is 11.1 Å². The number of hydrogen-bond donors (Lipinski definition) is 2. The number of rotatable bonds is 2. The summed E-state index contributed by atoms with van der Waals surface area (Å²) in [6.07, 6.45) is 0. The zero-order valence-corrected chi connectivity index (χ0v) is 10.9. The van der Waals surface area contributed by atoms with Crippen molar-refractivity contribution >= 4 is 28.6 Å². The average Bonchev–Trinajstić information content (AvgIpc) is 2.64. The zero-order chi connectivity index (χ0) is 13.3. The molecule has 0 radical (unpaired) electrons. The summed E-state index contributed by atoms with van der Waals surface area (Å²) < 4.78 is 13.5. The molecule has 2 rings (SSSR count). The molecule has 0 unspecified atom stereocenters. The lowest BCUT2D eigenvalue weighted by atomic mass is 10.2. The average molecular weight is 264 g/mol. The summed E-state index contributed by atoms with van der Waals surface area (Å²) in [6, 6.07) is 6.09. The Labute approximate surface area is 108 Å². The van der Waals surface area contributed by atoms with Gasteiger partial charge in [0.15, 0.2) is 0 Å². The number of carbonyl (C=O) groups is 1. The van der Waals surface area contributed by atoms with Crippen LogP contribution in [0, 0.1) is 19.7 Å². The van der Waals surface area contributed by atoms with Gasteiger partial charge in [-0.3, -0.25) is 4.79 Å². The Morgan fingerprint density at radius 3 is 2.67 bits per heavy atom. The summed E-state index contributed by atoms with van der Waals surface area (Å²) in [7, 11) is 0. The van der Waals surface area contributed by atoms with Crippen LogP contribution in [0.15, 0.2) is 24.3 Å². The zero-order valence-electron chi connectivity index (χ0n) is 10.1. The minimum absolute atomic E-state index is 0.0335. The van der Waals surface area contributed by atoms with Crippen LogP contribution in [0.4, 0.5) is 15.8 Å². The highest BCUT2D eigenvalue weighted by Gasteiger charge is 2.14. The number of nitrogen functional groups attached to an aromatic ring is 1. The molecule has 1 heterocycles. The summed E-state index contributed by atoms with van der Waals surface area (Å²) >= 11 is 1.38. The fraction of sp³-hybridized carbons (Fsp3) is 0.154. The first-order chi connectivity index (χ1) is 8.49. The van der Waals surface area contributed by atoms with E-state index in [9.17, 15) is 9.18 Å². The van der Waals surface area contributed by atoms with Crippen molar-refractivity contribution in [1.82, 2.24) is 0 Å². The molecule has 18 heavy (non-hydrogen) atoms. The van der Waals surface area contributed by atoms with Crippen LogP contribution in [0.5, 0.6) is 0 Å². The Morgan fingerprint density at radius 1 is 1.39 bits per heavy atom. The predicted octanol–water partition coefficient (Wildman–Crippen LogP) is 3.34. The maximum Gasteiger partial charge on any atom is 0.265 e. The second-order valence-corrected chi connectivity index (χ2v) is 5.26. The van der Waals surface area contributed by atoms with Gasteiger partial charge in [-0.15, -0.1) is 11.3 Å². The normalized spacial score (nSPS) is 10.4. The first-order valence-electron chi connectivity index (χ1n) is 5.41. The van der Waals surface area contributed by atoms with Crippen molar-refractivity contribution < 1.29 is 9.18 Å². The molecule has 1 aromatic heterocycles. The van der Waals surface area contributed by atoms with Gasteiger partial charge in [0.1, 0.15) is 11.5 Å². The molecule has 1 aromatic carbocycles. The molecule has 0 aliphatic heterocycles. The van der Waals surface area contributed by atoms with Gasteiger partial charge in [-0.1, -0.05) is 6.07 Å². The molecule has 94 valence electrons. The molecule has 1 amide bonds. The number of hydrogen-bond acceptors (Lipinski definition) is 3. The van der Waals surface area contributed by atoms with E-state index in [0.717, 1.165) is 10.4 Å². The molecule has 5 heteroatoms. The van der Waals surface area contributed by atoms with Crippen LogP contribution in [-0.4, -0.2) is 5.91 Å². The van der Waals surface area contributed by atoms with Crippen LogP contribution in [-0.2, 0) is 0 Å². The second-order valence-electron chi connectivity index (χ2n) is 4.01. The molecule has 0 saturated carbocycles. The van der Waals surface area contributed by atoms with E-state index in [1.165, 1.54) is 23.5 Å². The standard InChI is InChI=1S/C13H13FN2OS/c1-7-6-11(18-8(7)2)13(17)16-12-9(14)4-3-5-10(12)15/h3-6H,15H2,1-2H3,(H,16,17). The minimum atomic E-state index is -0.534. The molecule has 0 spiro atoms. The Morgan fingerprint density at radius 2 is 2.11 bits per heavy atom. The molecule has 0 saturated heterocycles. The molecule has 0 bridgehead atoms. The van der Waals surface area contributed by atoms with Crippen molar-refractivity contribution in [3.8, 4) is 0 Å². The van der Waals surface area contributed by atoms with Gasteiger partial charge in [-0.2, -0.15) is 0 Å². The fourth-order valence-electron chi connectivity index (χ4n) is 1.53. The highest BCUT2D eigenvalue weighted by Crippen LogP contribution is 2.25. The number of halogens is 1. The van der Waals surface area contributed by atoms with Crippen molar-refractivity contribution in [3.63, 3.8) is 0 Å². The van der Waals surface area contributed by atoms with E-state index in [-0.39, 0.29) is 17.3 Å². The molecule has 3 N–H and O–H groups in total. The number of benzene rings is 1. The van der Waals surface area contributed by atoms with Gasteiger partial charge in [0, 0.05) is 4.88 Å². The number of aryl methyl sites for hydroxylation is 2. The van der Waals surface area contributed by atoms with E-state index < -0.39 is 5.82 Å². The lowest BCUT2D eigenvalue weighted by Crippen LogP contribution is -2.13. The quantitative estimate of drug-likeness (QED) is 0.817. The van der Waals surface area contributed by atoms with Crippen LogP contribution < -0.4 is 11.1 Å². The van der Waals surface area contributed by atoms with Crippen LogP contribution in [0.25, 0.3) is 0 Å². The maximum absolute atomic E-state index is 13.5. The Bertz CT molecular complexity index is 567. The topological polar surface area (TPSA) is 55.1 Å². The molecule has 0 atom stereocenters. The third-order valence-electron chi connectivity index (χ3n) is 2.67. The van der Waals surface area contributed by atoms with Crippen LogP contribution in [0.1, 0.15) is 20.1 Å². The summed E-state index contributed by atoms with van der Waals surface area (Å²) in [6.45, 7) is 3.87. The number of anilines is 2. The van der Waals surface area contributed by atoms with Crippen molar-refractivity contribution in [2.24, 2.45) is 0 Å². The summed E-state index contributed by atoms with van der Waals surface area (Å²) in [4.78, 5) is 13.6. The SMILES string of the molecule is Cc1cc(C(=O)Nc2c(N)cccc2F)sc1C. The molecule has 0 fully saturated rings. The van der Waals surface area contributed by atoms with E-state index in [0.29, 0.717) is 4.88 Å². The summed E-state index contributed by atoms with van der Waals surface area (Å²) in [5.74, 6) is -0.874.